The highest BCUT2D eigenvalue weighted by Gasteiger charge is 2.13. The Morgan fingerprint density at radius 1 is 1.25 bits per heavy atom. The third-order valence-electron chi connectivity index (χ3n) is 2.82. The number of nitrogens with zero attached hydrogens (tertiary/aromatic N) is 3. The number of carbonyl (C=O) groups is 1. The van der Waals surface area contributed by atoms with Crippen molar-refractivity contribution in [3.05, 3.63) is 51.6 Å². The molecule has 0 saturated heterocycles. The van der Waals surface area contributed by atoms with Crippen LogP contribution in [0.2, 0.25) is 5.02 Å². The van der Waals surface area contributed by atoms with Gasteiger partial charge in [0, 0.05) is 16.2 Å². The van der Waals surface area contributed by atoms with E-state index in [-0.39, 0.29) is 5.56 Å². The minimum Gasteiger partial charge on any atom is -0.478 e. The number of benzene rings is 1. The largest absolute Gasteiger partial charge is 0.478 e. The molecule has 1 aromatic carbocycles. The minimum absolute atomic E-state index is 0.157. The average Bonchev–Trinajstić information content (AvgIpc) is 2.84. The van der Waals surface area contributed by atoms with E-state index in [9.17, 15) is 4.79 Å². The molecule has 0 unspecified atom stereocenters. The molecule has 1 N–H and O–H groups in total. The van der Waals surface area contributed by atoms with Gasteiger partial charge in [0.25, 0.3) is 0 Å². The van der Waals surface area contributed by atoms with Crippen molar-refractivity contribution < 1.29 is 9.90 Å². The minimum atomic E-state index is -1.01. The van der Waals surface area contributed by atoms with E-state index in [0.29, 0.717) is 22.1 Å². The normalized spacial score (nSPS) is 10.9. The monoisotopic (exact) mass is 351 g/mol. The van der Waals surface area contributed by atoms with E-state index in [2.05, 4.69) is 26.1 Å². The second-order valence-corrected chi connectivity index (χ2v) is 5.42. The summed E-state index contributed by atoms with van der Waals surface area (Å²) >= 11 is 9.55. The van der Waals surface area contributed by atoms with Gasteiger partial charge in [-0.05, 0) is 30.3 Å². The molecule has 3 aromatic rings. The predicted molar refractivity (Wildman–Crippen MR) is 78.1 cm³/mol. The Bertz CT molecular complexity index is 832. The summed E-state index contributed by atoms with van der Waals surface area (Å²) in [5, 5.41) is 17.7. The maximum absolute atomic E-state index is 11.0. The molecule has 0 saturated carbocycles. The fraction of sp³-hybridized carbons (Fsp3) is 0. The number of carboxylic acid groups (broad SMARTS) is 1. The van der Waals surface area contributed by atoms with Crippen molar-refractivity contribution in [2.75, 3.05) is 0 Å². The average molecular weight is 353 g/mol. The van der Waals surface area contributed by atoms with E-state index in [1.165, 1.54) is 12.3 Å². The van der Waals surface area contributed by atoms with Crippen LogP contribution in [-0.4, -0.2) is 25.7 Å². The van der Waals surface area contributed by atoms with Crippen LogP contribution in [0, 0.1) is 0 Å². The number of aromatic nitrogens is 3. The van der Waals surface area contributed by atoms with E-state index in [1.807, 2.05) is 12.1 Å². The molecule has 2 heterocycles. The third kappa shape index (κ3) is 2.17. The van der Waals surface area contributed by atoms with Crippen molar-refractivity contribution in [3.8, 4) is 11.4 Å². The summed E-state index contributed by atoms with van der Waals surface area (Å²) in [7, 11) is 0. The first-order valence-electron chi connectivity index (χ1n) is 5.60. The molecule has 0 aliphatic rings. The zero-order chi connectivity index (χ0) is 14.3. The summed E-state index contributed by atoms with van der Waals surface area (Å²) < 4.78 is 2.46. The van der Waals surface area contributed by atoms with Crippen LogP contribution >= 0.6 is 27.5 Å². The fourth-order valence-electron chi connectivity index (χ4n) is 1.87. The summed E-state index contributed by atoms with van der Waals surface area (Å²) in [5.74, 6) is -0.513. The molecule has 3 rings (SSSR count). The molecule has 0 aliphatic carbocycles. The van der Waals surface area contributed by atoms with Gasteiger partial charge < -0.3 is 5.11 Å². The maximum atomic E-state index is 11.0. The Balaban J connectivity index is 2.28. The molecular formula is C13H7BrClN3O2. The molecule has 2 aromatic heterocycles. The van der Waals surface area contributed by atoms with Gasteiger partial charge in [-0.3, -0.25) is 4.40 Å². The number of aromatic carboxylic acids is 1. The van der Waals surface area contributed by atoms with E-state index in [4.69, 9.17) is 16.7 Å². The second-order valence-electron chi connectivity index (χ2n) is 4.10. The molecule has 0 amide bonds. The number of hydrogen-bond acceptors (Lipinski definition) is 3. The molecule has 100 valence electrons. The smallest absolute Gasteiger partial charge is 0.337 e. The first-order chi connectivity index (χ1) is 9.56. The van der Waals surface area contributed by atoms with E-state index in [1.54, 1.807) is 16.5 Å². The van der Waals surface area contributed by atoms with Gasteiger partial charge >= 0.3 is 5.97 Å². The van der Waals surface area contributed by atoms with Crippen LogP contribution in [0.1, 0.15) is 10.4 Å². The Hall–Kier alpha value is -1.92. The van der Waals surface area contributed by atoms with Crippen molar-refractivity contribution in [3.63, 3.8) is 0 Å². The molecular weight excluding hydrogens is 346 g/mol. The summed E-state index contributed by atoms with van der Waals surface area (Å²) in [6, 6.07) is 8.46. The SMILES string of the molecule is O=C(O)c1ccc2nnc(-c3cc(Br)ccc3Cl)n2c1. The highest BCUT2D eigenvalue weighted by atomic mass is 79.9. The molecule has 0 spiro atoms. The van der Waals surface area contributed by atoms with Crippen LogP contribution in [0.15, 0.2) is 41.0 Å². The van der Waals surface area contributed by atoms with Crippen LogP contribution in [0.4, 0.5) is 0 Å². The Labute approximate surface area is 127 Å². The topological polar surface area (TPSA) is 67.5 Å². The van der Waals surface area contributed by atoms with Crippen molar-refractivity contribution in [2.24, 2.45) is 0 Å². The van der Waals surface area contributed by atoms with Crippen molar-refractivity contribution in [1.82, 2.24) is 14.6 Å². The first-order valence-corrected chi connectivity index (χ1v) is 6.77. The summed E-state index contributed by atoms with van der Waals surface area (Å²) in [6.07, 6.45) is 1.48. The summed E-state index contributed by atoms with van der Waals surface area (Å²) in [4.78, 5) is 11.0. The molecule has 0 atom stereocenters. The number of carboxylic acids is 1. The highest BCUT2D eigenvalue weighted by Crippen LogP contribution is 2.29. The standard InChI is InChI=1S/C13H7BrClN3O2/c14-8-2-3-10(15)9(5-8)12-17-16-11-4-1-7(13(19)20)6-18(11)12/h1-6H,(H,19,20). The number of rotatable bonds is 2. The first kappa shape index (κ1) is 13.1. The van der Waals surface area contributed by atoms with E-state index < -0.39 is 5.97 Å². The van der Waals surface area contributed by atoms with Crippen LogP contribution < -0.4 is 0 Å². The van der Waals surface area contributed by atoms with Gasteiger partial charge in [0.2, 0.25) is 0 Å². The van der Waals surface area contributed by atoms with Crippen molar-refractivity contribution in [1.29, 1.82) is 0 Å². The van der Waals surface area contributed by atoms with Gasteiger partial charge in [-0.1, -0.05) is 27.5 Å². The Morgan fingerprint density at radius 2 is 2.05 bits per heavy atom. The summed E-state index contributed by atoms with van der Waals surface area (Å²) in [5.41, 5.74) is 1.39. The van der Waals surface area contributed by atoms with E-state index in [0.717, 1.165) is 4.47 Å². The van der Waals surface area contributed by atoms with Crippen LogP contribution in [0.25, 0.3) is 17.0 Å². The molecule has 5 nitrogen and oxygen atoms in total. The Morgan fingerprint density at radius 3 is 2.80 bits per heavy atom. The molecule has 0 aliphatic heterocycles. The molecule has 0 radical (unpaired) electrons. The van der Waals surface area contributed by atoms with Gasteiger partial charge in [0.05, 0.1) is 10.6 Å². The molecule has 0 bridgehead atoms. The van der Waals surface area contributed by atoms with Crippen LogP contribution in [0.5, 0.6) is 0 Å². The van der Waals surface area contributed by atoms with E-state index >= 15 is 0 Å². The lowest BCUT2D eigenvalue weighted by Crippen LogP contribution is -1.99. The van der Waals surface area contributed by atoms with Crippen molar-refractivity contribution in [2.45, 2.75) is 0 Å². The lowest BCUT2D eigenvalue weighted by Gasteiger charge is -2.04. The highest BCUT2D eigenvalue weighted by molar-refractivity contribution is 9.10. The van der Waals surface area contributed by atoms with Gasteiger partial charge in [0.1, 0.15) is 0 Å². The molecule has 20 heavy (non-hydrogen) atoms. The number of pyridine rings is 1. The Kier molecular flexibility index (Phi) is 3.19. The molecule has 7 heteroatoms. The van der Waals surface area contributed by atoms with Crippen LogP contribution in [-0.2, 0) is 0 Å². The summed E-state index contributed by atoms with van der Waals surface area (Å²) in [6.45, 7) is 0. The zero-order valence-electron chi connectivity index (χ0n) is 9.92. The third-order valence-corrected chi connectivity index (χ3v) is 3.64. The number of fused-ring (bicyclic) bond motifs is 1. The van der Waals surface area contributed by atoms with Gasteiger partial charge in [-0.15, -0.1) is 10.2 Å². The van der Waals surface area contributed by atoms with Crippen molar-refractivity contribution >= 4 is 39.1 Å². The number of hydrogen-bond donors (Lipinski definition) is 1. The van der Waals surface area contributed by atoms with Gasteiger partial charge in [-0.25, -0.2) is 4.79 Å². The predicted octanol–water partition coefficient (Wildman–Crippen LogP) is 3.51. The van der Waals surface area contributed by atoms with Gasteiger partial charge in [-0.2, -0.15) is 0 Å². The zero-order valence-corrected chi connectivity index (χ0v) is 12.3. The maximum Gasteiger partial charge on any atom is 0.337 e. The second kappa shape index (κ2) is 4.88. The lowest BCUT2D eigenvalue weighted by molar-refractivity contribution is 0.0696. The molecule has 0 fully saturated rings. The quantitative estimate of drug-likeness (QED) is 0.766. The van der Waals surface area contributed by atoms with Crippen LogP contribution in [0.3, 0.4) is 0 Å². The lowest BCUT2D eigenvalue weighted by atomic mass is 10.2. The number of halogens is 2. The van der Waals surface area contributed by atoms with Gasteiger partial charge in [0.15, 0.2) is 11.5 Å². The fourth-order valence-corrected chi connectivity index (χ4v) is 2.43.